The van der Waals surface area contributed by atoms with Gasteiger partial charge in [0.1, 0.15) is 11.8 Å². The van der Waals surface area contributed by atoms with E-state index in [1.807, 2.05) is 0 Å². The van der Waals surface area contributed by atoms with Crippen LogP contribution in [0.4, 0.5) is 5.82 Å². The smallest absolute Gasteiger partial charge is 0.182 e. The number of hydrogen-bond donors (Lipinski definition) is 2. The topological polar surface area (TPSA) is 69.7 Å². The lowest BCUT2D eigenvalue weighted by Crippen LogP contribution is -2.40. The number of nitrogens with zero attached hydrogens (tertiary/aromatic N) is 4. The number of likely N-dealkylation sites (tertiary alicyclic amines) is 1. The summed E-state index contributed by atoms with van der Waals surface area (Å²) in [6, 6.07) is 11.2. The lowest BCUT2D eigenvalue weighted by Gasteiger charge is -2.32. The molecule has 6 nitrogen and oxygen atoms in total. The minimum Gasteiger partial charge on any atom is -0.365 e. The molecule has 0 saturated carbocycles. The molecular weight excluding hydrogens is 300 g/mol. The highest BCUT2D eigenvalue weighted by molar-refractivity contribution is 5.82. The van der Waals surface area contributed by atoms with E-state index in [0.29, 0.717) is 11.7 Å². The van der Waals surface area contributed by atoms with Gasteiger partial charge in [0, 0.05) is 25.7 Å². The Hall–Kier alpha value is -2.47. The van der Waals surface area contributed by atoms with Crippen LogP contribution in [0.15, 0.2) is 43.0 Å². The van der Waals surface area contributed by atoms with Crippen LogP contribution in [-0.2, 0) is 6.42 Å². The summed E-state index contributed by atoms with van der Waals surface area (Å²) >= 11 is 0. The van der Waals surface area contributed by atoms with E-state index < -0.39 is 0 Å². The standard InChI is InChI=1S/C18H22N6/c1-2-4-14(5-3-1)6-9-24-10-7-15(8-11-24)23-18-16-17(20-12-19-16)21-13-22-18/h1-5,12-13,15H,6-11H2,(H2,19,20,21,22,23). The molecule has 0 atom stereocenters. The van der Waals surface area contributed by atoms with Crippen molar-refractivity contribution >= 4 is 17.0 Å². The van der Waals surface area contributed by atoms with E-state index in [2.05, 4.69) is 60.5 Å². The Kier molecular flexibility index (Phi) is 4.38. The number of imidazole rings is 1. The van der Waals surface area contributed by atoms with Crippen molar-refractivity contribution in [2.45, 2.75) is 25.3 Å². The molecule has 1 aromatic carbocycles. The molecule has 0 bridgehead atoms. The van der Waals surface area contributed by atoms with Gasteiger partial charge in [0.25, 0.3) is 0 Å². The van der Waals surface area contributed by atoms with Crippen LogP contribution < -0.4 is 5.32 Å². The molecule has 1 aliphatic heterocycles. The molecular formula is C18H22N6. The van der Waals surface area contributed by atoms with Crippen molar-refractivity contribution in [2.24, 2.45) is 0 Å². The number of aromatic amines is 1. The fourth-order valence-corrected chi connectivity index (χ4v) is 3.30. The van der Waals surface area contributed by atoms with Crippen LogP contribution in [0.25, 0.3) is 11.2 Å². The van der Waals surface area contributed by atoms with Gasteiger partial charge in [-0.3, -0.25) is 0 Å². The molecule has 1 saturated heterocycles. The number of aromatic nitrogens is 4. The fourth-order valence-electron chi connectivity index (χ4n) is 3.30. The second-order valence-electron chi connectivity index (χ2n) is 6.32. The van der Waals surface area contributed by atoms with Gasteiger partial charge in [0.15, 0.2) is 11.5 Å². The van der Waals surface area contributed by atoms with Gasteiger partial charge in [-0.1, -0.05) is 30.3 Å². The average Bonchev–Trinajstić information content (AvgIpc) is 3.12. The third kappa shape index (κ3) is 3.38. The molecule has 6 heteroatoms. The van der Waals surface area contributed by atoms with Crippen molar-refractivity contribution in [1.29, 1.82) is 0 Å². The van der Waals surface area contributed by atoms with E-state index in [-0.39, 0.29) is 0 Å². The van der Waals surface area contributed by atoms with Crippen LogP contribution in [0.2, 0.25) is 0 Å². The maximum Gasteiger partial charge on any atom is 0.182 e. The van der Waals surface area contributed by atoms with E-state index >= 15 is 0 Å². The van der Waals surface area contributed by atoms with Gasteiger partial charge in [0.2, 0.25) is 0 Å². The van der Waals surface area contributed by atoms with Gasteiger partial charge in [-0.05, 0) is 24.8 Å². The number of hydrogen-bond acceptors (Lipinski definition) is 5. The van der Waals surface area contributed by atoms with Gasteiger partial charge >= 0.3 is 0 Å². The predicted molar refractivity (Wildman–Crippen MR) is 94.9 cm³/mol. The zero-order chi connectivity index (χ0) is 16.2. The van der Waals surface area contributed by atoms with E-state index in [1.54, 1.807) is 12.7 Å². The number of piperidine rings is 1. The SMILES string of the molecule is c1ccc(CCN2CCC(Nc3ncnc4nc[nH]c34)CC2)cc1. The van der Waals surface area contributed by atoms with Crippen molar-refractivity contribution in [3.8, 4) is 0 Å². The Balaban J connectivity index is 1.29. The van der Waals surface area contributed by atoms with Gasteiger partial charge in [0.05, 0.1) is 6.33 Å². The Labute approximate surface area is 141 Å². The second kappa shape index (κ2) is 6.97. The van der Waals surface area contributed by atoms with Gasteiger partial charge in [-0.2, -0.15) is 0 Å². The Bertz CT molecular complexity index is 776. The second-order valence-corrected chi connectivity index (χ2v) is 6.32. The van der Waals surface area contributed by atoms with Gasteiger partial charge in [-0.25, -0.2) is 15.0 Å². The molecule has 24 heavy (non-hydrogen) atoms. The Morgan fingerprint density at radius 3 is 2.75 bits per heavy atom. The van der Waals surface area contributed by atoms with Crippen LogP contribution in [0.1, 0.15) is 18.4 Å². The number of rotatable bonds is 5. The first-order chi connectivity index (χ1) is 11.9. The first kappa shape index (κ1) is 15.1. The van der Waals surface area contributed by atoms with Crippen LogP contribution >= 0.6 is 0 Å². The lowest BCUT2D eigenvalue weighted by atomic mass is 10.0. The summed E-state index contributed by atoms with van der Waals surface area (Å²) in [4.78, 5) is 18.4. The first-order valence-corrected chi connectivity index (χ1v) is 8.55. The number of benzene rings is 1. The molecule has 2 N–H and O–H groups in total. The maximum atomic E-state index is 4.36. The Morgan fingerprint density at radius 2 is 1.92 bits per heavy atom. The zero-order valence-electron chi connectivity index (χ0n) is 13.7. The molecule has 0 unspecified atom stereocenters. The summed E-state index contributed by atoms with van der Waals surface area (Å²) in [6.07, 6.45) is 6.62. The summed E-state index contributed by atoms with van der Waals surface area (Å²) in [5, 5.41) is 3.56. The van der Waals surface area contributed by atoms with E-state index in [0.717, 1.165) is 50.2 Å². The van der Waals surface area contributed by atoms with Crippen molar-refractivity contribution in [2.75, 3.05) is 25.0 Å². The molecule has 0 spiro atoms. The van der Waals surface area contributed by atoms with Gasteiger partial charge < -0.3 is 15.2 Å². The molecule has 0 aliphatic carbocycles. The molecule has 0 radical (unpaired) electrons. The normalized spacial score (nSPS) is 16.5. The van der Waals surface area contributed by atoms with Crippen molar-refractivity contribution < 1.29 is 0 Å². The maximum absolute atomic E-state index is 4.36. The van der Waals surface area contributed by atoms with E-state index in [9.17, 15) is 0 Å². The van der Waals surface area contributed by atoms with Gasteiger partial charge in [-0.15, -0.1) is 0 Å². The van der Waals surface area contributed by atoms with Crippen molar-refractivity contribution in [3.63, 3.8) is 0 Å². The molecule has 3 aromatic rings. The molecule has 0 amide bonds. The highest BCUT2D eigenvalue weighted by Gasteiger charge is 2.20. The summed E-state index contributed by atoms with van der Waals surface area (Å²) in [7, 11) is 0. The number of anilines is 1. The quantitative estimate of drug-likeness (QED) is 0.755. The number of fused-ring (bicyclic) bond motifs is 1. The largest absolute Gasteiger partial charge is 0.365 e. The van der Waals surface area contributed by atoms with E-state index in [4.69, 9.17) is 0 Å². The third-order valence-corrected chi connectivity index (χ3v) is 4.71. The fraction of sp³-hybridized carbons (Fsp3) is 0.389. The summed E-state index contributed by atoms with van der Waals surface area (Å²) in [6.45, 7) is 3.39. The summed E-state index contributed by atoms with van der Waals surface area (Å²) in [5.74, 6) is 0.861. The highest BCUT2D eigenvalue weighted by Crippen LogP contribution is 2.20. The van der Waals surface area contributed by atoms with Crippen molar-refractivity contribution in [1.82, 2.24) is 24.8 Å². The Morgan fingerprint density at radius 1 is 1.08 bits per heavy atom. The molecule has 124 valence electrons. The number of H-pyrrole nitrogens is 1. The third-order valence-electron chi connectivity index (χ3n) is 4.71. The van der Waals surface area contributed by atoms with Crippen LogP contribution in [0.5, 0.6) is 0 Å². The van der Waals surface area contributed by atoms with E-state index in [1.165, 1.54) is 5.56 Å². The number of nitrogens with one attached hydrogen (secondary N) is 2. The summed E-state index contributed by atoms with van der Waals surface area (Å²) < 4.78 is 0. The molecule has 1 aliphatic rings. The summed E-state index contributed by atoms with van der Waals surface area (Å²) in [5.41, 5.74) is 3.03. The monoisotopic (exact) mass is 322 g/mol. The lowest BCUT2D eigenvalue weighted by molar-refractivity contribution is 0.221. The van der Waals surface area contributed by atoms with Crippen LogP contribution in [0.3, 0.4) is 0 Å². The predicted octanol–water partition coefficient (Wildman–Crippen LogP) is 2.47. The minimum atomic E-state index is 0.458. The van der Waals surface area contributed by atoms with Crippen molar-refractivity contribution in [3.05, 3.63) is 48.5 Å². The molecule has 1 fully saturated rings. The first-order valence-electron chi connectivity index (χ1n) is 8.55. The zero-order valence-corrected chi connectivity index (χ0v) is 13.7. The minimum absolute atomic E-state index is 0.458. The molecule has 3 heterocycles. The van der Waals surface area contributed by atoms with Crippen LogP contribution in [-0.4, -0.2) is 50.5 Å². The average molecular weight is 322 g/mol. The van der Waals surface area contributed by atoms with Crippen LogP contribution in [0, 0.1) is 0 Å². The molecule has 4 rings (SSSR count). The molecule has 2 aromatic heterocycles. The highest BCUT2D eigenvalue weighted by atomic mass is 15.2.